The molecule has 8 nitrogen and oxygen atoms in total. The number of ether oxygens (including phenoxy) is 1. The molecule has 3 aromatic heterocycles. The van der Waals surface area contributed by atoms with Gasteiger partial charge in [-0.1, -0.05) is 5.16 Å². The highest BCUT2D eigenvalue weighted by molar-refractivity contribution is 5.58. The van der Waals surface area contributed by atoms with Gasteiger partial charge in [-0.15, -0.1) is 0 Å². The van der Waals surface area contributed by atoms with Crippen LogP contribution in [0.25, 0.3) is 23.1 Å². The Hall–Kier alpha value is -2.61. The molecule has 0 radical (unpaired) electrons. The smallest absolute Gasteiger partial charge is 0.261 e. The maximum absolute atomic E-state index is 5.41. The molecule has 1 fully saturated rings. The molecule has 0 bridgehead atoms. The van der Waals surface area contributed by atoms with Gasteiger partial charge in [0.1, 0.15) is 0 Å². The van der Waals surface area contributed by atoms with Crippen LogP contribution in [0.15, 0.2) is 29.2 Å². The van der Waals surface area contributed by atoms with E-state index in [0.29, 0.717) is 24.1 Å². The molecule has 4 heterocycles. The Bertz CT molecular complexity index is 732. The summed E-state index contributed by atoms with van der Waals surface area (Å²) in [6.07, 6.45) is 5.92. The lowest BCUT2D eigenvalue weighted by Gasteiger charge is -2.05. The number of H-pyrrole nitrogens is 1. The summed E-state index contributed by atoms with van der Waals surface area (Å²) in [4.78, 5) is 12.6. The van der Waals surface area contributed by atoms with Crippen LogP contribution in [0.4, 0.5) is 0 Å². The predicted molar refractivity (Wildman–Crippen MR) is 71.1 cm³/mol. The molecule has 1 N–H and O–H groups in total. The van der Waals surface area contributed by atoms with Gasteiger partial charge in [-0.05, 0) is 12.5 Å². The SMILES string of the molecule is c1cnc(-c2noc(-c3cn[nH]c3C3CCOC3)n2)nc1. The van der Waals surface area contributed by atoms with Crippen LogP contribution in [-0.4, -0.2) is 43.5 Å². The van der Waals surface area contributed by atoms with E-state index in [9.17, 15) is 0 Å². The van der Waals surface area contributed by atoms with Crippen LogP contribution < -0.4 is 0 Å². The zero-order valence-corrected chi connectivity index (χ0v) is 11.1. The van der Waals surface area contributed by atoms with Crippen LogP contribution in [0, 0.1) is 0 Å². The van der Waals surface area contributed by atoms with Crippen molar-refractivity contribution in [1.29, 1.82) is 0 Å². The van der Waals surface area contributed by atoms with E-state index in [2.05, 4.69) is 30.3 Å². The van der Waals surface area contributed by atoms with E-state index in [-0.39, 0.29) is 5.92 Å². The van der Waals surface area contributed by atoms with Gasteiger partial charge in [0, 0.05) is 24.9 Å². The Morgan fingerprint density at radius 3 is 2.90 bits per heavy atom. The van der Waals surface area contributed by atoms with E-state index in [0.717, 1.165) is 24.3 Å². The van der Waals surface area contributed by atoms with Crippen molar-refractivity contribution in [2.45, 2.75) is 12.3 Å². The second-order valence-electron chi connectivity index (χ2n) is 4.75. The molecule has 0 aromatic carbocycles. The monoisotopic (exact) mass is 284 g/mol. The fourth-order valence-electron chi connectivity index (χ4n) is 2.38. The molecule has 1 atom stereocenters. The molecular formula is C13H12N6O2. The van der Waals surface area contributed by atoms with Crippen LogP contribution >= 0.6 is 0 Å². The standard InChI is InChI=1S/C13H12N6O2/c1-3-14-11(15-4-1)12-17-13(21-19-12)9-6-16-18-10(9)8-2-5-20-7-8/h1,3-4,6,8H,2,5,7H2,(H,16,18). The minimum Gasteiger partial charge on any atom is -0.381 e. The minimum atomic E-state index is 0.283. The third kappa shape index (κ3) is 2.19. The lowest BCUT2D eigenvalue weighted by atomic mass is 10.0. The normalized spacial score (nSPS) is 18.2. The molecule has 3 aromatic rings. The molecule has 106 valence electrons. The van der Waals surface area contributed by atoms with Crippen molar-refractivity contribution in [1.82, 2.24) is 30.3 Å². The lowest BCUT2D eigenvalue weighted by Crippen LogP contribution is -2.00. The van der Waals surface area contributed by atoms with Gasteiger partial charge in [0.2, 0.25) is 11.6 Å². The van der Waals surface area contributed by atoms with Crippen molar-refractivity contribution in [3.05, 3.63) is 30.4 Å². The molecule has 0 aliphatic carbocycles. The van der Waals surface area contributed by atoms with Gasteiger partial charge in [-0.25, -0.2) is 9.97 Å². The van der Waals surface area contributed by atoms with Gasteiger partial charge >= 0.3 is 0 Å². The van der Waals surface area contributed by atoms with Crippen molar-refractivity contribution in [3.63, 3.8) is 0 Å². The van der Waals surface area contributed by atoms with Crippen molar-refractivity contribution < 1.29 is 9.26 Å². The molecule has 1 saturated heterocycles. The highest BCUT2D eigenvalue weighted by Crippen LogP contribution is 2.31. The van der Waals surface area contributed by atoms with Crippen LogP contribution in [0.3, 0.4) is 0 Å². The van der Waals surface area contributed by atoms with E-state index < -0.39 is 0 Å². The van der Waals surface area contributed by atoms with Crippen molar-refractivity contribution in [2.24, 2.45) is 0 Å². The van der Waals surface area contributed by atoms with E-state index in [1.54, 1.807) is 24.7 Å². The summed E-state index contributed by atoms with van der Waals surface area (Å²) in [6.45, 7) is 1.44. The van der Waals surface area contributed by atoms with Crippen molar-refractivity contribution >= 4 is 0 Å². The van der Waals surface area contributed by atoms with Gasteiger partial charge in [0.25, 0.3) is 5.89 Å². The van der Waals surface area contributed by atoms with E-state index in [1.165, 1.54) is 0 Å². The summed E-state index contributed by atoms with van der Waals surface area (Å²) in [5.74, 6) is 1.49. The molecule has 4 rings (SSSR count). The first-order valence-corrected chi connectivity index (χ1v) is 6.64. The average Bonchev–Trinajstić information content (AvgIpc) is 3.27. The molecule has 8 heteroatoms. The van der Waals surface area contributed by atoms with Gasteiger partial charge in [-0.3, -0.25) is 5.10 Å². The Labute approximate surface area is 119 Å². The summed E-state index contributed by atoms with van der Waals surface area (Å²) < 4.78 is 10.7. The van der Waals surface area contributed by atoms with Gasteiger partial charge in [0.15, 0.2) is 0 Å². The first-order chi connectivity index (χ1) is 10.4. The van der Waals surface area contributed by atoms with Crippen LogP contribution in [0.1, 0.15) is 18.0 Å². The first-order valence-electron chi connectivity index (χ1n) is 6.64. The number of nitrogens with one attached hydrogen (secondary N) is 1. The Morgan fingerprint density at radius 1 is 1.19 bits per heavy atom. The number of rotatable bonds is 3. The Kier molecular flexibility index (Phi) is 2.93. The van der Waals surface area contributed by atoms with Crippen molar-refractivity contribution in [2.75, 3.05) is 13.2 Å². The number of aromatic amines is 1. The first kappa shape index (κ1) is 12.2. The lowest BCUT2D eigenvalue weighted by molar-refractivity contribution is 0.193. The third-order valence-corrected chi connectivity index (χ3v) is 3.43. The Balaban J connectivity index is 1.69. The van der Waals surface area contributed by atoms with Crippen molar-refractivity contribution in [3.8, 4) is 23.1 Å². The molecule has 1 unspecified atom stereocenters. The van der Waals surface area contributed by atoms with Gasteiger partial charge < -0.3 is 9.26 Å². The van der Waals surface area contributed by atoms with Gasteiger partial charge in [-0.2, -0.15) is 10.1 Å². The molecular weight excluding hydrogens is 272 g/mol. The summed E-state index contributed by atoms with van der Waals surface area (Å²) >= 11 is 0. The zero-order valence-electron chi connectivity index (χ0n) is 11.1. The maximum Gasteiger partial charge on any atom is 0.261 e. The predicted octanol–water partition coefficient (Wildman–Crippen LogP) is 1.42. The maximum atomic E-state index is 5.41. The van der Waals surface area contributed by atoms with E-state index in [4.69, 9.17) is 9.26 Å². The topological polar surface area (TPSA) is 103 Å². The summed E-state index contributed by atoms with van der Waals surface area (Å²) in [6, 6.07) is 1.73. The minimum absolute atomic E-state index is 0.283. The molecule has 0 amide bonds. The fraction of sp³-hybridized carbons (Fsp3) is 0.308. The largest absolute Gasteiger partial charge is 0.381 e. The van der Waals surface area contributed by atoms with Gasteiger partial charge in [0.05, 0.1) is 24.1 Å². The number of aromatic nitrogens is 6. The third-order valence-electron chi connectivity index (χ3n) is 3.43. The van der Waals surface area contributed by atoms with Crippen LogP contribution in [-0.2, 0) is 4.74 Å². The molecule has 0 spiro atoms. The molecule has 1 aliphatic rings. The number of nitrogens with zero attached hydrogens (tertiary/aromatic N) is 5. The van der Waals surface area contributed by atoms with Crippen LogP contribution in [0.5, 0.6) is 0 Å². The summed E-state index contributed by atoms with van der Waals surface area (Å²) in [7, 11) is 0. The molecule has 0 saturated carbocycles. The highest BCUT2D eigenvalue weighted by Gasteiger charge is 2.25. The Morgan fingerprint density at radius 2 is 2.10 bits per heavy atom. The van der Waals surface area contributed by atoms with E-state index in [1.807, 2.05) is 0 Å². The average molecular weight is 284 g/mol. The van der Waals surface area contributed by atoms with Crippen LogP contribution in [0.2, 0.25) is 0 Å². The highest BCUT2D eigenvalue weighted by atomic mass is 16.5. The molecule has 1 aliphatic heterocycles. The quantitative estimate of drug-likeness (QED) is 0.775. The fourth-order valence-corrected chi connectivity index (χ4v) is 2.38. The summed E-state index contributed by atoms with van der Waals surface area (Å²) in [5.41, 5.74) is 1.77. The second kappa shape index (κ2) is 5.06. The zero-order chi connectivity index (χ0) is 14.1. The number of hydrogen-bond donors (Lipinski definition) is 1. The second-order valence-corrected chi connectivity index (χ2v) is 4.75. The van der Waals surface area contributed by atoms with E-state index >= 15 is 0 Å². The number of hydrogen-bond acceptors (Lipinski definition) is 7. The molecule has 21 heavy (non-hydrogen) atoms. The summed E-state index contributed by atoms with van der Waals surface area (Å²) in [5, 5.41) is 11.0.